The van der Waals surface area contributed by atoms with Crippen molar-refractivity contribution in [3.63, 3.8) is 0 Å². The molecule has 2 aliphatic rings. The first-order valence-corrected chi connectivity index (χ1v) is 10.5. The molecule has 2 unspecified atom stereocenters. The molecule has 2 aromatic carbocycles. The SMILES string of the molecule is O=C(C(c1ccccc1)C(F)(F)F)N1CCC2(CCNCC2c2[c-]cccc2)CC1.[Rf]. The van der Waals surface area contributed by atoms with Gasteiger partial charge in [-0.3, -0.25) is 4.79 Å². The molecule has 1 N–H and O–H groups in total. The summed E-state index contributed by atoms with van der Waals surface area (Å²) in [5.41, 5.74) is 1.15. The van der Waals surface area contributed by atoms with Crippen molar-refractivity contribution < 1.29 is 18.0 Å². The van der Waals surface area contributed by atoms with Crippen molar-refractivity contribution in [1.82, 2.24) is 10.2 Å². The van der Waals surface area contributed by atoms with Crippen molar-refractivity contribution in [3.05, 3.63) is 71.8 Å². The number of hydrogen-bond acceptors (Lipinski definition) is 2. The number of benzene rings is 2. The number of amides is 1. The number of piperidine rings is 2. The second kappa shape index (κ2) is 8.80. The van der Waals surface area contributed by atoms with E-state index in [2.05, 4.69) is 17.4 Å². The second-order valence-electron chi connectivity index (χ2n) is 8.40. The molecule has 3 nitrogen and oxygen atoms in total. The second-order valence-corrected chi connectivity index (χ2v) is 8.40. The van der Waals surface area contributed by atoms with Crippen LogP contribution < -0.4 is 5.32 Å². The average Bonchev–Trinajstić information content (AvgIpc) is 2.75. The molecule has 0 saturated carbocycles. The fourth-order valence-corrected chi connectivity index (χ4v) is 5.11. The van der Waals surface area contributed by atoms with Crippen molar-refractivity contribution in [2.45, 2.75) is 37.3 Å². The number of likely N-dealkylation sites (tertiary alicyclic amines) is 1. The summed E-state index contributed by atoms with van der Waals surface area (Å²) in [5.74, 6) is -2.67. The number of nitrogens with zero attached hydrogens (tertiary/aromatic N) is 1. The molecule has 31 heavy (non-hydrogen) atoms. The van der Waals surface area contributed by atoms with Crippen molar-refractivity contribution >= 4 is 5.91 Å². The molecule has 2 atom stereocenters. The van der Waals surface area contributed by atoms with E-state index in [1.54, 1.807) is 18.2 Å². The van der Waals surface area contributed by atoms with Crippen LogP contribution in [0.5, 0.6) is 0 Å². The average molecular weight is 682 g/mol. The number of halogens is 3. The van der Waals surface area contributed by atoms with Gasteiger partial charge in [-0.2, -0.15) is 49.1 Å². The molecule has 2 aromatic rings. The van der Waals surface area contributed by atoms with E-state index in [1.807, 2.05) is 18.2 Å². The maximum atomic E-state index is 13.8. The minimum atomic E-state index is -4.61. The Morgan fingerprint density at radius 1 is 1.06 bits per heavy atom. The summed E-state index contributed by atoms with van der Waals surface area (Å²) in [6.07, 6.45) is -2.21. The van der Waals surface area contributed by atoms with Gasteiger partial charge in [0.1, 0.15) is 0 Å². The molecule has 4 rings (SSSR count). The van der Waals surface area contributed by atoms with E-state index in [1.165, 1.54) is 17.0 Å². The van der Waals surface area contributed by atoms with Gasteiger partial charge in [-0.15, -0.1) is 0 Å². The number of hydrogen-bond donors (Lipinski definition) is 1. The Balaban J connectivity index is 0.00000272. The standard InChI is InChI=1S/C24H26F3N2O.Rf/c25-24(26,27)21(19-9-5-2-6-10-19)22(30)29-15-12-23(13-16-29)11-14-28-17-20(23)18-7-3-1-4-8-18;/h1-7,9-10,20-21,28H,11-17H2;/q-1;. The van der Waals surface area contributed by atoms with Crippen LogP contribution in [-0.2, 0) is 4.79 Å². The van der Waals surface area contributed by atoms with Crippen LogP contribution in [0, 0.1) is 11.5 Å². The maximum absolute atomic E-state index is 13.8. The van der Waals surface area contributed by atoms with E-state index in [-0.39, 0.29) is 16.9 Å². The van der Waals surface area contributed by atoms with Crippen LogP contribution in [0.3, 0.4) is 0 Å². The van der Waals surface area contributed by atoms with Gasteiger partial charge >= 0.3 is 6.18 Å². The van der Waals surface area contributed by atoms with Crippen LogP contribution >= 0.6 is 0 Å². The third-order valence-electron chi connectivity index (χ3n) is 6.77. The number of carbonyl (C=O) groups excluding carboxylic acids is 1. The van der Waals surface area contributed by atoms with Gasteiger partial charge < -0.3 is 10.2 Å². The van der Waals surface area contributed by atoms with E-state index in [0.29, 0.717) is 25.9 Å². The van der Waals surface area contributed by atoms with Gasteiger partial charge in [0.15, 0.2) is 5.92 Å². The molecule has 0 aromatic heterocycles. The molecule has 162 valence electrons. The monoisotopic (exact) mass is 682 g/mol. The number of nitrogens with one attached hydrogen (secondary N) is 1. The number of alkyl halides is 3. The van der Waals surface area contributed by atoms with Gasteiger partial charge in [0, 0.05) is 19.6 Å². The van der Waals surface area contributed by atoms with Gasteiger partial charge in [-0.05, 0) is 42.7 Å². The molecule has 2 heterocycles. The van der Waals surface area contributed by atoms with Crippen LogP contribution in [0.4, 0.5) is 13.2 Å². The summed E-state index contributed by atoms with van der Waals surface area (Å²) in [6.45, 7) is 2.46. The van der Waals surface area contributed by atoms with E-state index in [0.717, 1.165) is 25.1 Å². The molecule has 0 radical (unpaired) electrons. The van der Waals surface area contributed by atoms with E-state index in [4.69, 9.17) is 0 Å². The Kier molecular flexibility index (Phi) is 6.34. The number of rotatable bonds is 3. The summed E-state index contributed by atoms with van der Waals surface area (Å²) in [7, 11) is 0. The third kappa shape index (κ3) is 4.41. The Morgan fingerprint density at radius 2 is 1.74 bits per heavy atom. The molecular weight excluding hydrogens is 656 g/mol. The van der Waals surface area contributed by atoms with Crippen LogP contribution in [0.15, 0.2) is 54.6 Å². The van der Waals surface area contributed by atoms with Gasteiger partial charge in [-0.1, -0.05) is 30.3 Å². The molecule has 2 saturated heterocycles. The Bertz CT molecular complexity index is 852. The van der Waals surface area contributed by atoms with Crippen molar-refractivity contribution in [2.75, 3.05) is 26.2 Å². The molecule has 7 heteroatoms. The summed E-state index contributed by atoms with van der Waals surface area (Å²) in [4.78, 5) is 14.4. The quantitative estimate of drug-likeness (QED) is 0.484. The zero-order valence-corrected chi connectivity index (χ0v) is 23.9. The summed E-state index contributed by atoms with van der Waals surface area (Å²) < 4.78 is 41.3. The largest absolute Gasteiger partial charge is 0.404 e. The molecule has 0 bridgehead atoms. The summed E-state index contributed by atoms with van der Waals surface area (Å²) in [5, 5.41) is 3.45. The minimum Gasteiger partial charge on any atom is -0.342 e. The zero-order valence-electron chi connectivity index (χ0n) is 17.5. The fraction of sp³-hybridized carbons (Fsp3) is 0.458. The predicted molar refractivity (Wildman–Crippen MR) is 109 cm³/mol. The third-order valence-corrected chi connectivity index (χ3v) is 6.77. The Hall–Kier alpha value is -3.34. The van der Waals surface area contributed by atoms with Crippen molar-refractivity contribution in [3.8, 4) is 0 Å². The molecule has 1 spiro atoms. The Labute approximate surface area is 175 Å². The van der Waals surface area contributed by atoms with E-state index >= 15 is 0 Å². The predicted octanol–water partition coefficient (Wildman–Crippen LogP) is 4.52. The zero-order chi connectivity index (χ0) is 21.2. The smallest absolute Gasteiger partial charge is 0.342 e. The molecule has 0 aliphatic carbocycles. The molecular formula is C24H26F3N2ORf-. The first-order chi connectivity index (χ1) is 14.4. The van der Waals surface area contributed by atoms with Gasteiger partial charge in [0.05, 0.1) is 0 Å². The first kappa shape index (κ1) is 22.3. The van der Waals surface area contributed by atoms with Crippen LogP contribution in [0.25, 0.3) is 0 Å². The maximum Gasteiger partial charge on any atom is 0.404 e. The van der Waals surface area contributed by atoms with Crippen molar-refractivity contribution in [1.29, 1.82) is 0 Å². The van der Waals surface area contributed by atoms with Crippen LogP contribution in [0.2, 0.25) is 0 Å². The molecule has 1 amide bonds. The minimum absolute atomic E-state index is 0. The fourth-order valence-electron chi connectivity index (χ4n) is 5.11. The molecule has 2 aliphatic heterocycles. The topological polar surface area (TPSA) is 32.3 Å². The van der Waals surface area contributed by atoms with Gasteiger partial charge in [0.25, 0.3) is 0 Å². The molecule has 2 fully saturated rings. The normalized spacial score (nSPS) is 21.9. The summed E-state index contributed by atoms with van der Waals surface area (Å²) >= 11 is 0. The summed E-state index contributed by atoms with van der Waals surface area (Å²) in [6, 6.07) is 18.8. The van der Waals surface area contributed by atoms with E-state index < -0.39 is 18.0 Å². The van der Waals surface area contributed by atoms with Crippen LogP contribution in [-0.4, -0.2) is 43.2 Å². The van der Waals surface area contributed by atoms with Gasteiger partial charge in [0.2, 0.25) is 5.91 Å². The number of carbonyl (C=O) groups is 1. The van der Waals surface area contributed by atoms with Gasteiger partial charge in [-0.25, -0.2) is 0 Å². The van der Waals surface area contributed by atoms with Crippen molar-refractivity contribution in [2.24, 2.45) is 5.41 Å². The van der Waals surface area contributed by atoms with E-state index in [9.17, 15) is 18.0 Å². The van der Waals surface area contributed by atoms with Crippen LogP contribution in [0.1, 0.15) is 42.2 Å². The Morgan fingerprint density at radius 3 is 2.35 bits per heavy atom. The first-order valence-electron chi connectivity index (χ1n) is 10.5.